The van der Waals surface area contributed by atoms with Gasteiger partial charge >= 0.3 is 0 Å². The Kier molecular flexibility index (Phi) is 4.73. The Morgan fingerprint density at radius 2 is 1.86 bits per heavy atom. The number of aliphatic hydroxyl groups is 1. The molecular weight excluding hydrogens is 262 g/mol. The lowest BCUT2D eigenvalue weighted by atomic mass is 10.1. The van der Waals surface area contributed by atoms with E-state index in [0.717, 1.165) is 12.3 Å². The molecule has 1 fully saturated rings. The van der Waals surface area contributed by atoms with Crippen LogP contribution >= 0.6 is 0 Å². The average molecular weight is 286 g/mol. The highest BCUT2D eigenvalue weighted by atomic mass is 16.5. The van der Waals surface area contributed by atoms with Crippen molar-refractivity contribution >= 4 is 10.8 Å². The second-order valence-electron chi connectivity index (χ2n) is 5.99. The SMILES string of the molecule is O[C@H](C[NH2+]C1CCCC1)COc1ccc2ccccc2c1. The summed E-state index contributed by atoms with van der Waals surface area (Å²) in [4.78, 5) is 0. The third-order valence-corrected chi connectivity index (χ3v) is 4.30. The number of benzene rings is 2. The van der Waals surface area contributed by atoms with Gasteiger partial charge in [0.05, 0.1) is 6.04 Å². The quantitative estimate of drug-likeness (QED) is 0.854. The molecule has 2 aromatic rings. The molecule has 3 N–H and O–H groups in total. The average Bonchev–Trinajstić information content (AvgIpc) is 3.04. The first-order valence-corrected chi connectivity index (χ1v) is 7.94. The molecule has 0 bridgehead atoms. The minimum atomic E-state index is -0.405. The molecule has 0 radical (unpaired) electrons. The highest BCUT2D eigenvalue weighted by Gasteiger charge is 2.19. The number of rotatable bonds is 6. The van der Waals surface area contributed by atoms with Gasteiger partial charge in [-0.3, -0.25) is 0 Å². The lowest BCUT2D eigenvalue weighted by Gasteiger charge is -2.14. The lowest BCUT2D eigenvalue weighted by Crippen LogP contribution is -2.91. The van der Waals surface area contributed by atoms with Crippen molar-refractivity contribution in [3.63, 3.8) is 0 Å². The number of aliphatic hydroxyl groups excluding tert-OH is 1. The van der Waals surface area contributed by atoms with E-state index in [1.807, 2.05) is 24.3 Å². The Bertz CT molecular complexity index is 578. The van der Waals surface area contributed by atoms with Gasteiger partial charge in [-0.1, -0.05) is 30.3 Å². The largest absolute Gasteiger partial charge is 0.491 e. The van der Waals surface area contributed by atoms with E-state index >= 15 is 0 Å². The molecule has 1 saturated carbocycles. The van der Waals surface area contributed by atoms with Crippen LogP contribution in [0.2, 0.25) is 0 Å². The minimum Gasteiger partial charge on any atom is -0.491 e. The highest BCUT2D eigenvalue weighted by Crippen LogP contribution is 2.20. The van der Waals surface area contributed by atoms with Crippen LogP contribution in [0.5, 0.6) is 5.75 Å². The van der Waals surface area contributed by atoms with Gasteiger partial charge in [-0.15, -0.1) is 0 Å². The third-order valence-electron chi connectivity index (χ3n) is 4.30. The fourth-order valence-electron chi connectivity index (χ4n) is 3.06. The Morgan fingerprint density at radius 1 is 1.10 bits per heavy atom. The Balaban J connectivity index is 1.48. The van der Waals surface area contributed by atoms with Crippen LogP contribution in [0.3, 0.4) is 0 Å². The normalized spacial score (nSPS) is 17.2. The van der Waals surface area contributed by atoms with Crippen LogP contribution < -0.4 is 10.1 Å². The van der Waals surface area contributed by atoms with Gasteiger partial charge in [0.2, 0.25) is 0 Å². The molecule has 3 heteroatoms. The van der Waals surface area contributed by atoms with Crippen molar-refractivity contribution in [3.05, 3.63) is 42.5 Å². The van der Waals surface area contributed by atoms with Crippen molar-refractivity contribution in [2.75, 3.05) is 13.2 Å². The number of hydrogen-bond donors (Lipinski definition) is 2. The first-order chi connectivity index (χ1) is 10.3. The van der Waals surface area contributed by atoms with Crippen LogP contribution in [0.4, 0.5) is 0 Å². The fraction of sp³-hybridized carbons (Fsp3) is 0.444. The van der Waals surface area contributed by atoms with Gasteiger partial charge in [-0.05, 0) is 48.6 Å². The van der Waals surface area contributed by atoms with E-state index in [9.17, 15) is 5.11 Å². The summed E-state index contributed by atoms with van der Waals surface area (Å²) in [5.41, 5.74) is 0. The van der Waals surface area contributed by atoms with Crippen LogP contribution in [0.25, 0.3) is 10.8 Å². The predicted molar refractivity (Wildman–Crippen MR) is 84.5 cm³/mol. The smallest absolute Gasteiger partial charge is 0.137 e. The summed E-state index contributed by atoms with van der Waals surface area (Å²) in [5, 5.41) is 14.7. The van der Waals surface area contributed by atoms with Gasteiger partial charge in [-0.2, -0.15) is 0 Å². The zero-order valence-electron chi connectivity index (χ0n) is 12.4. The Labute approximate surface area is 125 Å². The highest BCUT2D eigenvalue weighted by molar-refractivity contribution is 5.83. The zero-order valence-corrected chi connectivity index (χ0v) is 12.4. The molecule has 0 heterocycles. The molecule has 0 aliphatic heterocycles. The summed E-state index contributed by atoms with van der Waals surface area (Å²) >= 11 is 0. The van der Waals surface area contributed by atoms with Crippen LogP contribution in [0.1, 0.15) is 25.7 Å². The third kappa shape index (κ3) is 3.96. The van der Waals surface area contributed by atoms with Crippen LogP contribution in [0, 0.1) is 0 Å². The summed E-state index contributed by atoms with van der Waals surface area (Å²) in [6.45, 7) is 1.10. The van der Waals surface area contributed by atoms with E-state index in [-0.39, 0.29) is 0 Å². The number of fused-ring (bicyclic) bond motifs is 1. The number of quaternary nitrogens is 1. The maximum Gasteiger partial charge on any atom is 0.137 e. The Morgan fingerprint density at radius 3 is 2.67 bits per heavy atom. The molecular formula is C18H24NO2+. The van der Waals surface area contributed by atoms with Crippen LogP contribution in [-0.4, -0.2) is 30.4 Å². The van der Waals surface area contributed by atoms with Crippen LogP contribution in [0.15, 0.2) is 42.5 Å². The molecule has 3 rings (SSSR count). The summed E-state index contributed by atoms with van der Waals surface area (Å²) in [5.74, 6) is 0.827. The zero-order chi connectivity index (χ0) is 14.5. The van der Waals surface area contributed by atoms with E-state index in [1.165, 1.54) is 36.5 Å². The van der Waals surface area contributed by atoms with Crippen molar-refractivity contribution in [2.45, 2.75) is 37.8 Å². The summed E-state index contributed by atoms with van der Waals surface area (Å²) in [6.07, 6.45) is 4.85. The summed E-state index contributed by atoms with van der Waals surface area (Å²) in [6, 6.07) is 15.0. The van der Waals surface area contributed by atoms with Gasteiger partial charge in [-0.25, -0.2) is 0 Å². The first kappa shape index (κ1) is 14.4. The summed E-state index contributed by atoms with van der Waals surface area (Å²) < 4.78 is 5.72. The lowest BCUT2D eigenvalue weighted by molar-refractivity contribution is -0.693. The van der Waals surface area contributed by atoms with Crippen molar-refractivity contribution in [1.29, 1.82) is 0 Å². The predicted octanol–water partition coefficient (Wildman–Crippen LogP) is 2.09. The molecule has 0 spiro atoms. The van der Waals surface area contributed by atoms with Gasteiger partial charge < -0.3 is 15.2 Å². The molecule has 21 heavy (non-hydrogen) atoms. The maximum atomic E-state index is 10.0. The van der Waals surface area contributed by atoms with Crippen LogP contribution in [-0.2, 0) is 0 Å². The molecule has 1 aliphatic carbocycles. The monoisotopic (exact) mass is 286 g/mol. The minimum absolute atomic E-state index is 0.363. The second kappa shape index (κ2) is 6.92. The number of hydrogen-bond acceptors (Lipinski definition) is 2. The molecule has 112 valence electrons. The van der Waals surface area contributed by atoms with Crippen molar-refractivity contribution < 1.29 is 15.2 Å². The van der Waals surface area contributed by atoms with E-state index in [2.05, 4.69) is 23.5 Å². The van der Waals surface area contributed by atoms with Crippen molar-refractivity contribution in [1.82, 2.24) is 0 Å². The molecule has 1 atom stereocenters. The molecule has 2 aromatic carbocycles. The van der Waals surface area contributed by atoms with Crippen molar-refractivity contribution in [2.24, 2.45) is 0 Å². The van der Waals surface area contributed by atoms with Gasteiger partial charge in [0, 0.05) is 0 Å². The van der Waals surface area contributed by atoms with Gasteiger partial charge in [0.1, 0.15) is 25.0 Å². The van der Waals surface area contributed by atoms with Gasteiger partial charge in [0.15, 0.2) is 0 Å². The molecule has 3 nitrogen and oxygen atoms in total. The standard InChI is InChI=1S/C18H23NO2/c20-17(12-19-16-7-3-4-8-16)13-21-18-10-9-14-5-1-2-6-15(14)11-18/h1-2,5-6,9-11,16-17,19-20H,3-4,7-8,12-13H2/p+1/t17-/m1/s1. The Hall–Kier alpha value is -1.58. The molecule has 0 aromatic heterocycles. The van der Waals surface area contributed by atoms with E-state index in [1.54, 1.807) is 0 Å². The molecule has 1 aliphatic rings. The number of nitrogens with two attached hydrogens (primary N) is 1. The molecule has 0 unspecified atom stereocenters. The van der Waals surface area contributed by atoms with Crippen molar-refractivity contribution in [3.8, 4) is 5.75 Å². The number of ether oxygens (including phenoxy) is 1. The molecule has 0 saturated heterocycles. The maximum absolute atomic E-state index is 10.0. The van der Waals surface area contributed by atoms with E-state index in [0.29, 0.717) is 12.6 Å². The topological polar surface area (TPSA) is 46.1 Å². The van der Waals surface area contributed by atoms with E-state index < -0.39 is 6.10 Å². The summed E-state index contributed by atoms with van der Waals surface area (Å²) in [7, 11) is 0. The molecule has 0 amide bonds. The van der Waals surface area contributed by atoms with E-state index in [4.69, 9.17) is 4.74 Å². The second-order valence-corrected chi connectivity index (χ2v) is 5.99. The first-order valence-electron chi connectivity index (χ1n) is 7.94. The van der Waals surface area contributed by atoms with Gasteiger partial charge in [0.25, 0.3) is 0 Å². The fourth-order valence-corrected chi connectivity index (χ4v) is 3.06.